The molecule has 1 aromatic rings. The SMILES string of the molecule is Cc1cc(C)cc(OCC(C)CBr)c1. The fraction of sp³-hybridized carbons (Fsp3) is 0.500. The minimum Gasteiger partial charge on any atom is -0.493 e. The lowest BCUT2D eigenvalue weighted by atomic mass is 10.1. The molecule has 14 heavy (non-hydrogen) atoms. The number of hydrogen-bond acceptors (Lipinski definition) is 1. The summed E-state index contributed by atoms with van der Waals surface area (Å²) in [6.07, 6.45) is 0. The maximum Gasteiger partial charge on any atom is 0.119 e. The van der Waals surface area contributed by atoms with Gasteiger partial charge in [-0.25, -0.2) is 0 Å². The van der Waals surface area contributed by atoms with E-state index in [1.807, 2.05) is 0 Å². The molecule has 0 aliphatic rings. The van der Waals surface area contributed by atoms with Crippen molar-refractivity contribution in [2.45, 2.75) is 20.8 Å². The van der Waals surface area contributed by atoms with Crippen LogP contribution < -0.4 is 4.74 Å². The van der Waals surface area contributed by atoms with Crippen LogP contribution in [0.15, 0.2) is 18.2 Å². The predicted molar refractivity (Wildman–Crippen MR) is 64.4 cm³/mol. The van der Waals surface area contributed by atoms with Gasteiger partial charge in [-0.05, 0) is 43.0 Å². The second-order valence-electron chi connectivity index (χ2n) is 3.89. The van der Waals surface area contributed by atoms with Crippen molar-refractivity contribution in [3.8, 4) is 5.75 Å². The first-order chi connectivity index (χ1) is 6.61. The van der Waals surface area contributed by atoms with Gasteiger partial charge in [0.1, 0.15) is 5.75 Å². The van der Waals surface area contributed by atoms with Crippen LogP contribution in [0.4, 0.5) is 0 Å². The molecule has 0 N–H and O–H groups in total. The molecule has 1 aromatic carbocycles. The van der Waals surface area contributed by atoms with E-state index in [-0.39, 0.29) is 0 Å². The summed E-state index contributed by atoms with van der Waals surface area (Å²) in [5, 5.41) is 0.984. The standard InChI is InChI=1S/C12H17BrO/c1-9-4-10(2)6-12(5-9)14-8-11(3)7-13/h4-6,11H,7-8H2,1-3H3. The highest BCUT2D eigenvalue weighted by Crippen LogP contribution is 2.17. The second kappa shape index (κ2) is 5.40. The van der Waals surface area contributed by atoms with Gasteiger partial charge in [0.2, 0.25) is 0 Å². The molecule has 1 nitrogen and oxygen atoms in total. The zero-order valence-corrected chi connectivity index (χ0v) is 10.6. The Morgan fingerprint density at radius 3 is 2.29 bits per heavy atom. The maximum absolute atomic E-state index is 5.69. The van der Waals surface area contributed by atoms with E-state index in [1.54, 1.807) is 0 Å². The zero-order valence-electron chi connectivity index (χ0n) is 9.01. The quantitative estimate of drug-likeness (QED) is 0.747. The molecule has 78 valence electrons. The van der Waals surface area contributed by atoms with Crippen molar-refractivity contribution in [2.24, 2.45) is 5.92 Å². The van der Waals surface area contributed by atoms with E-state index in [0.717, 1.165) is 17.7 Å². The molecule has 1 atom stereocenters. The molecular formula is C12H17BrO. The molecule has 1 rings (SSSR count). The highest BCUT2D eigenvalue weighted by atomic mass is 79.9. The average molecular weight is 257 g/mol. The number of halogens is 1. The molecule has 0 saturated heterocycles. The number of benzene rings is 1. The van der Waals surface area contributed by atoms with E-state index in [0.29, 0.717) is 5.92 Å². The van der Waals surface area contributed by atoms with Crippen LogP contribution in [0.2, 0.25) is 0 Å². The molecule has 0 aliphatic heterocycles. The normalized spacial score (nSPS) is 12.6. The molecule has 0 aliphatic carbocycles. The highest BCUT2D eigenvalue weighted by Gasteiger charge is 2.01. The molecule has 0 fully saturated rings. The summed E-state index contributed by atoms with van der Waals surface area (Å²) in [7, 11) is 0. The van der Waals surface area contributed by atoms with Crippen molar-refractivity contribution in [2.75, 3.05) is 11.9 Å². The molecule has 0 heterocycles. The van der Waals surface area contributed by atoms with E-state index >= 15 is 0 Å². The third kappa shape index (κ3) is 3.70. The molecular weight excluding hydrogens is 240 g/mol. The van der Waals surface area contributed by atoms with E-state index in [1.165, 1.54) is 11.1 Å². The molecule has 1 unspecified atom stereocenters. The summed E-state index contributed by atoms with van der Waals surface area (Å²) in [5.41, 5.74) is 2.51. The molecule has 0 bridgehead atoms. The third-order valence-corrected chi connectivity index (χ3v) is 3.10. The minimum atomic E-state index is 0.552. The van der Waals surface area contributed by atoms with Gasteiger partial charge in [-0.15, -0.1) is 0 Å². The molecule has 0 spiro atoms. The van der Waals surface area contributed by atoms with Gasteiger partial charge in [0, 0.05) is 5.33 Å². The number of hydrogen-bond donors (Lipinski definition) is 0. The van der Waals surface area contributed by atoms with Gasteiger partial charge in [-0.3, -0.25) is 0 Å². The number of ether oxygens (including phenoxy) is 1. The van der Waals surface area contributed by atoms with Gasteiger partial charge in [0.15, 0.2) is 0 Å². The largest absolute Gasteiger partial charge is 0.493 e. The van der Waals surface area contributed by atoms with Gasteiger partial charge in [0.05, 0.1) is 6.61 Å². The van der Waals surface area contributed by atoms with Crippen LogP contribution in [0.1, 0.15) is 18.1 Å². The van der Waals surface area contributed by atoms with E-state index in [9.17, 15) is 0 Å². The first-order valence-electron chi connectivity index (χ1n) is 4.89. The smallest absolute Gasteiger partial charge is 0.119 e. The molecule has 0 radical (unpaired) electrons. The minimum absolute atomic E-state index is 0.552. The Morgan fingerprint density at radius 2 is 1.79 bits per heavy atom. The first kappa shape index (κ1) is 11.6. The third-order valence-electron chi connectivity index (χ3n) is 1.99. The monoisotopic (exact) mass is 256 g/mol. The Morgan fingerprint density at radius 1 is 1.21 bits per heavy atom. The van der Waals surface area contributed by atoms with Gasteiger partial charge in [-0.1, -0.05) is 28.9 Å². The summed E-state index contributed by atoms with van der Waals surface area (Å²) in [4.78, 5) is 0. The van der Waals surface area contributed by atoms with Gasteiger partial charge in [0.25, 0.3) is 0 Å². The lowest BCUT2D eigenvalue weighted by Gasteiger charge is -2.11. The second-order valence-corrected chi connectivity index (χ2v) is 4.54. The van der Waals surface area contributed by atoms with Crippen LogP contribution in [0, 0.1) is 19.8 Å². The summed E-state index contributed by atoms with van der Waals surface area (Å²) in [5.74, 6) is 1.53. The Balaban J connectivity index is 2.58. The summed E-state index contributed by atoms with van der Waals surface area (Å²) in [6, 6.07) is 6.31. The Hall–Kier alpha value is -0.500. The van der Waals surface area contributed by atoms with Crippen LogP contribution in [0.25, 0.3) is 0 Å². The van der Waals surface area contributed by atoms with Crippen molar-refractivity contribution in [3.05, 3.63) is 29.3 Å². The Kier molecular flexibility index (Phi) is 4.46. The molecule has 0 saturated carbocycles. The fourth-order valence-electron chi connectivity index (χ4n) is 1.30. The van der Waals surface area contributed by atoms with Gasteiger partial charge < -0.3 is 4.74 Å². The number of aryl methyl sites for hydroxylation is 2. The van der Waals surface area contributed by atoms with Gasteiger partial charge in [-0.2, -0.15) is 0 Å². The molecule has 0 amide bonds. The number of rotatable bonds is 4. The number of alkyl halides is 1. The van der Waals surface area contributed by atoms with Crippen molar-refractivity contribution < 1.29 is 4.74 Å². The average Bonchev–Trinajstić information content (AvgIpc) is 2.12. The first-order valence-corrected chi connectivity index (χ1v) is 6.01. The van der Waals surface area contributed by atoms with E-state index in [4.69, 9.17) is 4.74 Å². The van der Waals surface area contributed by atoms with E-state index in [2.05, 4.69) is 54.9 Å². The maximum atomic E-state index is 5.69. The lowest BCUT2D eigenvalue weighted by Crippen LogP contribution is -2.09. The topological polar surface area (TPSA) is 9.23 Å². The van der Waals surface area contributed by atoms with E-state index < -0.39 is 0 Å². The fourth-order valence-corrected chi connectivity index (χ4v) is 1.49. The van der Waals surface area contributed by atoms with Crippen molar-refractivity contribution in [3.63, 3.8) is 0 Å². The summed E-state index contributed by atoms with van der Waals surface area (Å²) in [6.45, 7) is 7.12. The highest BCUT2D eigenvalue weighted by molar-refractivity contribution is 9.09. The van der Waals surface area contributed by atoms with Crippen LogP contribution in [0.3, 0.4) is 0 Å². The molecule has 0 aromatic heterocycles. The Bertz CT molecular complexity index is 276. The van der Waals surface area contributed by atoms with Crippen molar-refractivity contribution >= 4 is 15.9 Å². The van der Waals surface area contributed by atoms with Crippen LogP contribution in [-0.4, -0.2) is 11.9 Å². The van der Waals surface area contributed by atoms with Crippen LogP contribution in [0.5, 0.6) is 5.75 Å². The summed E-state index contributed by atoms with van der Waals surface area (Å²) >= 11 is 3.44. The van der Waals surface area contributed by atoms with Crippen molar-refractivity contribution in [1.82, 2.24) is 0 Å². The van der Waals surface area contributed by atoms with Gasteiger partial charge >= 0.3 is 0 Å². The summed E-state index contributed by atoms with van der Waals surface area (Å²) < 4.78 is 5.69. The predicted octanol–water partition coefficient (Wildman–Crippen LogP) is 3.71. The molecule has 2 heteroatoms. The lowest BCUT2D eigenvalue weighted by molar-refractivity contribution is 0.274. The Labute approximate surface area is 94.6 Å². The van der Waals surface area contributed by atoms with Crippen LogP contribution >= 0.6 is 15.9 Å². The zero-order chi connectivity index (χ0) is 10.6. The van der Waals surface area contributed by atoms with Crippen molar-refractivity contribution in [1.29, 1.82) is 0 Å². The van der Waals surface area contributed by atoms with Crippen LogP contribution in [-0.2, 0) is 0 Å².